The number of amides is 1. The zero-order valence-electron chi connectivity index (χ0n) is 10.1. The molecule has 1 amide bonds. The molecule has 2 rings (SSSR count). The summed E-state index contributed by atoms with van der Waals surface area (Å²) in [7, 11) is 0. The summed E-state index contributed by atoms with van der Waals surface area (Å²) in [5, 5.41) is 12.0. The van der Waals surface area contributed by atoms with Gasteiger partial charge in [0.1, 0.15) is 0 Å². The molecule has 0 bridgehead atoms. The lowest BCUT2D eigenvalue weighted by Gasteiger charge is -2.17. The summed E-state index contributed by atoms with van der Waals surface area (Å²) in [4.78, 5) is 12.0. The summed E-state index contributed by atoms with van der Waals surface area (Å²) in [6.07, 6.45) is 2.41. The van der Waals surface area contributed by atoms with E-state index in [9.17, 15) is 4.79 Å². The molecule has 1 atom stereocenters. The highest BCUT2D eigenvalue weighted by atomic mass is 16.3. The van der Waals surface area contributed by atoms with Crippen molar-refractivity contribution in [2.24, 2.45) is 5.92 Å². The topological polar surface area (TPSA) is 49.3 Å². The molecule has 0 radical (unpaired) electrons. The second-order valence-corrected chi connectivity index (χ2v) is 4.67. The van der Waals surface area contributed by atoms with Crippen LogP contribution in [0.15, 0.2) is 24.3 Å². The monoisotopic (exact) mass is 233 g/mol. The fourth-order valence-electron chi connectivity index (χ4n) is 2.34. The number of fused-ring (bicyclic) bond motifs is 1. The zero-order valence-corrected chi connectivity index (χ0v) is 10.1. The van der Waals surface area contributed by atoms with Gasteiger partial charge in [0.05, 0.1) is 12.6 Å². The highest BCUT2D eigenvalue weighted by Gasteiger charge is 2.27. The first kappa shape index (κ1) is 12.1. The van der Waals surface area contributed by atoms with E-state index in [1.807, 2.05) is 19.1 Å². The largest absolute Gasteiger partial charge is 0.394 e. The van der Waals surface area contributed by atoms with Crippen LogP contribution in [0.1, 0.15) is 24.5 Å². The van der Waals surface area contributed by atoms with Crippen LogP contribution in [-0.4, -0.2) is 23.7 Å². The number of aliphatic hydroxyl groups is 1. The lowest BCUT2D eigenvalue weighted by Crippen LogP contribution is -2.40. The highest BCUT2D eigenvalue weighted by Crippen LogP contribution is 2.26. The van der Waals surface area contributed by atoms with Gasteiger partial charge in [-0.1, -0.05) is 31.2 Å². The van der Waals surface area contributed by atoms with E-state index in [0.29, 0.717) is 0 Å². The molecule has 2 N–H and O–H groups in total. The van der Waals surface area contributed by atoms with Gasteiger partial charge < -0.3 is 10.4 Å². The molecule has 3 nitrogen and oxygen atoms in total. The van der Waals surface area contributed by atoms with E-state index in [-0.39, 0.29) is 24.5 Å². The Bertz CT molecular complexity index is 374. The fourth-order valence-corrected chi connectivity index (χ4v) is 2.34. The number of nitrogens with one attached hydrogen (secondary N) is 1. The highest BCUT2D eigenvalue weighted by molar-refractivity contribution is 5.80. The van der Waals surface area contributed by atoms with Crippen LogP contribution in [0.5, 0.6) is 0 Å². The Labute approximate surface area is 102 Å². The summed E-state index contributed by atoms with van der Waals surface area (Å²) >= 11 is 0. The van der Waals surface area contributed by atoms with E-state index in [1.165, 1.54) is 11.1 Å². The normalized spacial score (nSPS) is 16.6. The van der Waals surface area contributed by atoms with E-state index in [1.54, 1.807) is 0 Å². The van der Waals surface area contributed by atoms with Crippen molar-refractivity contribution < 1.29 is 9.90 Å². The number of carbonyl (C=O) groups is 1. The quantitative estimate of drug-likeness (QED) is 0.823. The molecule has 1 aliphatic rings. The predicted octanol–water partition coefficient (Wildman–Crippen LogP) is 1.29. The van der Waals surface area contributed by atoms with Crippen LogP contribution in [0.25, 0.3) is 0 Å². The summed E-state index contributed by atoms with van der Waals surface area (Å²) in [5.41, 5.74) is 2.56. The summed E-state index contributed by atoms with van der Waals surface area (Å²) < 4.78 is 0. The van der Waals surface area contributed by atoms with E-state index in [4.69, 9.17) is 5.11 Å². The third kappa shape index (κ3) is 2.67. The first-order chi connectivity index (χ1) is 8.24. The molecule has 0 heterocycles. The van der Waals surface area contributed by atoms with Crippen LogP contribution in [0.3, 0.4) is 0 Å². The van der Waals surface area contributed by atoms with Crippen LogP contribution in [0.4, 0.5) is 0 Å². The average Bonchev–Trinajstić information content (AvgIpc) is 2.79. The summed E-state index contributed by atoms with van der Waals surface area (Å²) in [6, 6.07) is 8.10. The lowest BCUT2D eigenvalue weighted by atomic mass is 10.0. The summed E-state index contributed by atoms with van der Waals surface area (Å²) in [6.45, 7) is 1.98. The van der Waals surface area contributed by atoms with Gasteiger partial charge >= 0.3 is 0 Å². The first-order valence-corrected chi connectivity index (χ1v) is 6.22. The molecule has 0 fully saturated rings. The summed E-state index contributed by atoms with van der Waals surface area (Å²) in [5.74, 6) is 0.107. The SMILES string of the molecule is CC[C@H](CO)NC(=O)C1Cc2ccccc2C1. The van der Waals surface area contributed by atoms with Gasteiger partial charge in [-0.2, -0.15) is 0 Å². The average molecular weight is 233 g/mol. The van der Waals surface area contributed by atoms with Gasteiger partial charge in [0.15, 0.2) is 0 Å². The number of rotatable bonds is 4. The maximum Gasteiger partial charge on any atom is 0.224 e. The molecular formula is C14H19NO2. The number of benzene rings is 1. The minimum Gasteiger partial charge on any atom is -0.394 e. The molecule has 0 aliphatic heterocycles. The van der Waals surface area contributed by atoms with Crippen molar-refractivity contribution in [3.63, 3.8) is 0 Å². The lowest BCUT2D eigenvalue weighted by molar-refractivity contribution is -0.125. The molecule has 92 valence electrons. The van der Waals surface area contributed by atoms with Gasteiger partial charge in [0.25, 0.3) is 0 Å². The molecule has 1 aromatic carbocycles. The van der Waals surface area contributed by atoms with Crippen molar-refractivity contribution in [2.45, 2.75) is 32.2 Å². The third-order valence-electron chi connectivity index (χ3n) is 3.48. The first-order valence-electron chi connectivity index (χ1n) is 6.22. The standard InChI is InChI=1S/C14H19NO2/c1-2-13(9-16)15-14(17)12-7-10-5-3-4-6-11(10)8-12/h3-6,12-13,16H,2,7-9H2,1H3,(H,15,17)/t13-/m1/s1. The van der Waals surface area contributed by atoms with E-state index >= 15 is 0 Å². The van der Waals surface area contributed by atoms with Gasteiger partial charge in [0, 0.05) is 5.92 Å². The predicted molar refractivity (Wildman–Crippen MR) is 66.6 cm³/mol. The molecule has 0 saturated heterocycles. The molecular weight excluding hydrogens is 214 g/mol. The Kier molecular flexibility index (Phi) is 3.79. The van der Waals surface area contributed by atoms with Crippen LogP contribution >= 0.6 is 0 Å². The molecule has 0 spiro atoms. The number of hydrogen-bond acceptors (Lipinski definition) is 2. The number of aliphatic hydroxyl groups excluding tert-OH is 1. The van der Waals surface area contributed by atoms with Crippen molar-refractivity contribution >= 4 is 5.91 Å². The van der Waals surface area contributed by atoms with Gasteiger partial charge in [0.2, 0.25) is 5.91 Å². The zero-order chi connectivity index (χ0) is 12.3. The van der Waals surface area contributed by atoms with Crippen molar-refractivity contribution in [1.82, 2.24) is 5.32 Å². The Morgan fingerprint density at radius 1 is 1.41 bits per heavy atom. The molecule has 1 aliphatic carbocycles. The van der Waals surface area contributed by atoms with Crippen molar-refractivity contribution in [1.29, 1.82) is 0 Å². The smallest absolute Gasteiger partial charge is 0.224 e. The van der Waals surface area contributed by atoms with E-state index in [2.05, 4.69) is 17.4 Å². The van der Waals surface area contributed by atoms with Gasteiger partial charge in [-0.25, -0.2) is 0 Å². The minimum absolute atomic E-state index is 0.0158. The molecule has 3 heteroatoms. The second kappa shape index (κ2) is 5.32. The van der Waals surface area contributed by atoms with E-state index < -0.39 is 0 Å². The molecule has 1 aromatic rings. The maximum atomic E-state index is 12.0. The minimum atomic E-state index is -0.105. The third-order valence-corrected chi connectivity index (χ3v) is 3.48. The van der Waals surface area contributed by atoms with Gasteiger partial charge in [-0.15, -0.1) is 0 Å². The second-order valence-electron chi connectivity index (χ2n) is 4.67. The Balaban J connectivity index is 1.96. The molecule has 0 saturated carbocycles. The van der Waals surface area contributed by atoms with Crippen LogP contribution in [0, 0.1) is 5.92 Å². The van der Waals surface area contributed by atoms with Crippen molar-refractivity contribution in [3.05, 3.63) is 35.4 Å². The fraction of sp³-hybridized carbons (Fsp3) is 0.500. The Morgan fingerprint density at radius 3 is 2.47 bits per heavy atom. The maximum absolute atomic E-state index is 12.0. The van der Waals surface area contributed by atoms with Crippen molar-refractivity contribution in [2.75, 3.05) is 6.61 Å². The van der Waals surface area contributed by atoms with Crippen LogP contribution in [-0.2, 0) is 17.6 Å². The molecule has 17 heavy (non-hydrogen) atoms. The molecule has 0 unspecified atom stereocenters. The Hall–Kier alpha value is -1.35. The molecule has 0 aromatic heterocycles. The van der Waals surface area contributed by atoms with Gasteiger partial charge in [-0.05, 0) is 30.4 Å². The van der Waals surface area contributed by atoms with E-state index in [0.717, 1.165) is 19.3 Å². The Morgan fingerprint density at radius 2 is 2.00 bits per heavy atom. The van der Waals surface area contributed by atoms with Gasteiger partial charge in [-0.3, -0.25) is 4.79 Å². The number of hydrogen-bond donors (Lipinski definition) is 2. The number of carbonyl (C=O) groups excluding carboxylic acids is 1. The van der Waals surface area contributed by atoms with Crippen LogP contribution in [0.2, 0.25) is 0 Å². The van der Waals surface area contributed by atoms with Crippen molar-refractivity contribution in [3.8, 4) is 0 Å². The van der Waals surface area contributed by atoms with Crippen LogP contribution < -0.4 is 5.32 Å².